The van der Waals surface area contributed by atoms with Crippen LogP contribution in [0.3, 0.4) is 0 Å². The van der Waals surface area contributed by atoms with Crippen LogP contribution in [0.1, 0.15) is 18.3 Å². The molecule has 3 aromatic rings. The first kappa shape index (κ1) is 19.8. The van der Waals surface area contributed by atoms with Gasteiger partial charge in [-0.15, -0.1) is 0 Å². The number of sulfone groups is 1. The molecule has 0 aliphatic rings. The molecule has 0 fully saturated rings. The lowest BCUT2D eigenvalue weighted by atomic mass is 10.2. The summed E-state index contributed by atoms with van der Waals surface area (Å²) in [7, 11) is -2.02. The van der Waals surface area contributed by atoms with Crippen LogP contribution >= 0.6 is 0 Å². The van der Waals surface area contributed by atoms with Crippen molar-refractivity contribution >= 4 is 21.2 Å². The Morgan fingerprint density at radius 1 is 1.29 bits per heavy atom. The van der Waals surface area contributed by atoms with Crippen LogP contribution < -0.4 is 5.32 Å². The molecule has 148 valence electrons. The van der Waals surface area contributed by atoms with Gasteiger partial charge in [0.15, 0.2) is 9.84 Å². The van der Waals surface area contributed by atoms with Gasteiger partial charge in [-0.25, -0.2) is 23.4 Å². The molecule has 3 rings (SSSR count). The molecule has 0 aliphatic carbocycles. The number of hydrogen-bond donors (Lipinski definition) is 1. The summed E-state index contributed by atoms with van der Waals surface area (Å²) in [6, 6.07) is 3.68. The van der Waals surface area contributed by atoms with Crippen LogP contribution in [0.4, 0.5) is 13.2 Å². The van der Waals surface area contributed by atoms with Crippen molar-refractivity contribution in [2.75, 3.05) is 12.8 Å². The molecule has 0 amide bonds. The SMILES string of the molecule is C=C(NC)c1ccc(S(=O)(=O)CC)c(-c2cn3cnc(C(F)(F)F)cc3n2)n1. The van der Waals surface area contributed by atoms with E-state index in [-0.39, 0.29) is 27.7 Å². The highest BCUT2D eigenvalue weighted by Gasteiger charge is 2.33. The topological polar surface area (TPSA) is 89.2 Å². The summed E-state index contributed by atoms with van der Waals surface area (Å²) in [5, 5.41) is 2.82. The fourth-order valence-corrected chi connectivity index (χ4v) is 3.52. The van der Waals surface area contributed by atoms with E-state index in [0.717, 1.165) is 12.4 Å². The lowest BCUT2D eigenvalue weighted by molar-refractivity contribution is -0.141. The average Bonchev–Trinajstić information content (AvgIpc) is 3.09. The van der Waals surface area contributed by atoms with Crippen LogP contribution in [-0.4, -0.2) is 40.6 Å². The second kappa shape index (κ2) is 6.89. The lowest BCUT2D eigenvalue weighted by Crippen LogP contribution is -2.10. The number of hydrogen-bond acceptors (Lipinski definition) is 6. The van der Waals surface area contributed by atoms with Gasteiger partial charge in [-0.05, 0) is 12.1 Å². The second-order valence-corrected chi connectivity index (χ2v) is 8.09. The van der Waals surface area contributed by atoms with Crippen LogP contribution in [0, 0.1) is 0 Å². The summed E-state index contributed by atoms with van der Waals surface area (Å²) >= 11 is 0. The Hall–Kier alpha value is -2.95. The van der Waals surface area contributed by atoms with Gasteiger partial charge in [0, 0.05) is 19.3 Å². The van der Waals surface area contributed by atoms with Crippen molar-refractivity contribution < 1.29 is 21.6 Å². The highest BCUT2D eigenvalue weighted by atomic mass is 32.2. The minimum Gasteiger partial charge on any atom is -0.387 e. The standard InChI is InChI=1S/C17H16F3N5O2S/c1-4-28(26,27)13-6-5-11(10(2)21-3)24-16(13)12-8-25-9-22-14(17(18,19)20)7-15(25)23-12/h5-9,21H,2,4H2,1,3H3. The molecule has 0 radical (unpaired) electrons. The third-order valence-electron chi connectivity index (χ3n) is 4.07. The number of nitrogens with zero attached hydrogens (tertiary/aromatic N) is 4. The number of alkyl halides is 3. The molecule has 11 heteroatoms. The van der Waals surface area contributed by atoms with Gasteiger partial charge in [0.1, 0.15) is 29.1 Å². The van der Waals surface area contributed by atoms with Crippen LogP contribution in [0.5, 0.6) is 0 Å². The third-order valence-corrected chi connectivity index (χ3v) is 5.82. The van der Waals surface area contributed by atoms with Crippen molar-refractivity contribution in [2.45, 2.75) is 18.0 Å². The number of fused-ring (bicyclic) bond motifs is 1. The normalized spacial score (nSPS) is 12.3. The second-order valence-electron chi connectivity index (χ2n) is 5.84. The molecule has 28 heavy (non-hydrogen) atoms. The Morgan fingerprint density at radius 3 is 2.61 bits per heavy atom. The van der Waals surface area contributed by atoms with E-state index in [1.165, 1.54) is 29.7 Å². The maximum absolute atomic E-state index is 12.9. The predicted octanol–water partition coefficient (Wildman–Crippen LogP) is 2.79. The summed E-state index contributed by atoms with van der Waals surface area (Å²) < 4.78 is 64.9. The summed E-state index contributed by atoms with van der Waals surface area (Å²) in [6.45, 7) is 5.28. The maximum Gasteiger partial charge on any atom is 0.433 e. The van der Waals surface area contributed by atoms with E-state index in [0.29, 0.717) is 11.4 Å². The maximum atomic E-state index is 12.9. The first-order valence-electron chi connectivity index (χ1n) is 8.10. The summed E-state index contributed by atoms with van der Waals surface area (Å²) in [5.41, 5.74) is -0.141. The molecule has 7 nitrogen and oxygen atoms in total. The number of imidazole rings is 1. The molecule has 0 saturated heterocycles. The van der Waals surface area contributed by atoms with Gasteiger partial charge in [-0.1, -0.05) is 13.5 Å². The fraction of sp³-hybridized carbons (Fsp3) is 0.235. The Kier molecular flexibility index (Phi) is 4.88. The van der Waals surface area contributed by atoms with E-state index < -0.39 is 21.7 Å². The number of aromatic nitrogens is 4. The zero-order chi connectivity index (χ0) is 20.7. The molecule has 0 spiro atoms. The van der Waals surface area contributed by atoms with Crippen molar-refractivity contribution in [2.24, 2.45) is 0 Å². The van der Waals surface area contributed by atoms with E-state index >= 15 is 0 Å². The fourth-order valence-electron chi connectivity index (χ4n) is 2.49. The van der Waals surface area contributed by atoms with Crippen molar-refractivity contribution in [3.05, 3.63) is 48.7 Å². The van der Waals surface area contributed by atoms with Crippen LogP contribution in [0.15, 0.2) is 42.2 Å². The lowest BCUT2D eigenvalue weighted by Gasteiger charge is -2.10. The Balaban J connectivity index is 2.24. The van der Waals surface area contributed by atoms with E-state index in [4.69, 9.17) is 0 Å². The largest absolute Gasteiger partial charge is 0.433 e. The van der Waals surface area contributed by atoms with Crippen molar-refractivity contribution in [1.29, 1.82) is 0 Å². The van der Waals surface area contributed by atoms with Crippen LogP contribution in [-0.2, 0) is 16.0 Å². The van der Waals surface area contributed by atoms with Crippen molar-refractivity contribution in [1.82, 2.24) is 24.7 Å². The summed E-state index contributed by atoms with van der Waals surface area (Å²) in [5.74, 6) is -0.166. The van der Waals surface area contributed by atoms with Crippen LogP contribution in [0.25, 0.3) is 22.7 Å². The van der Waals surface area contributed by atoms with Gasteiger partial charge in [-0.2, -0.15) is 13.2 Å². The number of pyridine rings is 1. The highest BCUT2D eigenvalue weighted by Crippen LogP contribution is 2.30. The minimum atomic E-state index is -4.62. The van der Waals surface area contributed by atoms with Gasteiger partial charge >= 0.3 is 6.18 Å². The first-order chi connectivity index (χ1) is 13.1. The number of nitrogens with one attached hydrogen (secondary N) is 1. The van der Waals surface area contributed by atoms with E-state index in [9.17, 15) is 21.6 Å². The molecule has 0 bridgehead atoms. The molecule has 0 saturated carbocycles. The zero-order valence-electron chi connectivity index (χ0n) is 14.9. The van der Waals surface area contributed by atoms with Crippen LogP contribution in [0.2, 0.25) is 0 Å². The molecule has 0 aliphatic heterocycles. The molecule has 0 aromatic carbocycles. The highest BCUT2D eigenvalue weighted by molar-refractivity contribution is 7.91. The molecule has 0 atom stereocenters. The van der Waals surface area contributed by atoms with Crippen molar-refractivity contribution in [3.63, 3.8) is 0 Å². The zero-order valence-corrected chi connectivity index (χ0v) is 15.8. The third kappa shape index (κ3) is 3.57. The van der Waals surface area contributed by atoms with Gasteiger partial charge in [0.2, 0.25) is 0 Å². The van der Waals surface area contributed by atoms with Gasteiger partial charge in [0.05, 0.1) is 22.0 Å². The summed E-state index contributed by atoms with van der Waals surface area (Å²) in [4.78, 5) is 11.8. The first-order valence-corrected chi connectivity index (χ1v) is 9.75. The Morgan fingerprint density at radius 2 is 2.00 bits per heavy atom. The molecular weight excluding hydrogens is 395 g/mol. The Labute approximate surface area is 158 Å². The quantitative estimate of drug-likeness (QED) is 0.695. The molecule has 3 aromatic heterocycles. The van der Waals surface area contributed by atoms with E-state index in [1.54, 1.807) is 7.05 Å². The predicted molar refractivity (Wildman–Crippen MR) is 97.0 cm³/mol. The molecule has 3 heterocycles. The number of rotatable bonds is 5. The average molecular weight is 411 g/mol. The minimum absolute atomic E-state index is 0.0307. The van der Waals surface area contributed by atoms with E-state index in [2.05, 4.69) is 26.8 Å². The van der Waals surface area contributed by atoms with Gasteiger partial charge in [-0.3, -0.25) is 4.40 Å². The monoisotopic (exact) mass is 411 g/mol. The van der Waals surface area contributed by atoms with Crippen molar-refractivity contribution in [3.8, 4) is 11.4 Å². The molecular formula is C17H16F3N5O2S. The van der Waals surface area contributed by atoms with Gasteiger partial charge < -0.3 is 5.32 Å². The molecule has 1 N–H and O–H groups in total. The molecule has 0 unspecified atom stereocenters. The summed E-state index contributed by atoms with van der Waals surface area (Å²) in [6.07, 6.45) is -2.27. The number of halogens is 3. The smallest absolute Gasteiger partial charge is 0.387 e. The van der Waals surface area contributed by atoms with E-state index in [1.807, 2.05) is 0 Å². The Bertz CT molecular complexity index is 1170. The van der Waals surface area contributed by atoms with Gasteiger partial charge in [0.25, 0.3) is 0 Å².